The number of carboxylic acids is 1. The van der Waals surface area contributed by atoms with Crippen LogP contribution in [0.5, 0.6) is 0 Å². The number of aliphatic carboxylic acids is 1. The lowest BCUT2D eigenvalue weighted by molar-refractivity contribution is -0.140. The fraction of sp³-hybridized carbons (Fsp3) is 0.400. The van der Waals surface area contributed by atoms with Crippen LogP contribution in [0.3, 0.4) is 0 Å². The second-order valence-electron chi connectivity index (χ2n) is 6.06. The Morgan fingerprint density at radius 1 is 1.15 bits per heavy atom. The Balaban J connectivity index is 0.000000239. The van der Waals surface area contributed by atoms with Crippen molar-refractivity contribution >= 4 is 11.9 Å². The molecular weight excluding hydrogens is 352 g/mol. The van der Waals surface area contributed by atoms with Crippen molar-refractivity contribution in [3.05, 3.63) is 60.2 Å². The molecule has 0 saturated carbocycles. The zero-order valence-electron chi connectivity index (χ0n) is 15.0. The summed E-state index contributed by atoms with van der Waals surface area (Å²) in [5.41, 5.74) is 1.11. The van der Waals surface area contributed by atoms with Crippen molar-refractivity contribution in [3.63, 3.8) is 0 Å². The Morgan fingerprint density at radius 3 is 2.26 bits per heavy atom. The fourth-order valence-electron chi connectivity index (χ4n) is 1.87. The second kappa shape index (κ2) is 11.3. The predicted octanol–water partition coefficient (Wildman–Crippen LogP) is 2.12. The van der Waals surface area contributed by atoms with E-state index in [1.54, 1.807) is 0 Å². The second-order valence-corrected chi connectivity index (χ2v) is 6.06. The summed E-state index contributed by atoms with van der Waals surface area (Å²) < 4.78 is 20.1. The number of hydrogen-bond donors (Lipinski definition) is 1. The van der Waals surface area contributed by atoms with Crippen LogP contribution in [0.15, 0.2) is 54.6 Å². The summed E-state index contributed by atoms with van der Waals surface area (Å²) in [6, 6.07) is 9.28. The van der Waals surface area contributed by atoms with Crippen LogP contribution in [-0.2, 0) is 35.1 Å². The van der Waals surface area contributed by atoms with Crippen molar-refractivity contribution in [3.8, 4) is 0 Å². The average Bonchev–Trinajstić information content (AvgIpc) is 3.56. The molecule has 2 saturated heterocycles. The van der Waals surface area contributed by atoms with Crippen LogP contribution in [-0.4, -0.2) is 55.7 Å². The molecule has 0 amide bonds. The van der Waals surface area contributed by atoms with Gasteiger partial charge in [0.2, 0.25) is 0 Å². The molecule has 2 atom stereocenters. The van der Waals surface area contributed by atoms with Gasteiger partial charge >= 0.3 is 11.9 Å². The van der Waals surface area contributed by atoms with Gasteiger partial charge in [-0.05, 0) is 12.0 Å². The van der Waals surface area contributed by atoms with Crippen molar-refractivity contribution in [2.45, 2.75) is 25.2 Å². The average molecular weight is 376 g/mol. The van der Waals surface area contributed by atoms with E-state index in [1.807, 2.05) is 30.3 Å². The first-order chi connectivity index (χ1) is 13.0. The molecule has 146 valence electrons. The van der Waals surface area contributed by atoms with Crippen LogP contribution in [0.25, 0.3) is 0 Å². The van der Waals surface area contributed by atoms with Gasteiger partial charge in [-0.2, -0.15) is 0 Å². The van der Waals surface area contributed by atoms with E-state index in [1.165, 1.54) is 6.08 Å². The van der Waals surface area contributed by atoms with Gasteiger partial charge in [0.15, 0.2) is 0 Å². The largest absolute Gasteiger partial charge is 0.478 e. The number of rotatable bonds is 10. The number of esters is 1. The van der Waals surface area contributed by atoms with Gasteiger partial charge in [-0.1, -0.05) is 43.0 Å². The lowest BCUT2D eigenvalue weighted by Crippen LogP contribution is -2.06. The number of hydrogen-bond acceptors (Lipinski definition) is 6. The monoisotopic (exact) mass is 376 g/mol. The lowest BCUT2D eigenvalue weighted by Gasteiger charge is -2.05. The minimum atomic E-state index is -1.06. The van der Waals surface area contributed by atoms with E-state index in [0.717, 1.165) is 38.1 Å². The molecule has 0 bridgehead atoms. The predicted molar refractivity (Wildman–Crippen MR) is 97.1 cm³/mol. The minimum Gasteiger partial charge on any atom is -0.478 e. The molecule has 0 aromatic heterocycles. The highest BCUT2D eigenvalue weighted by Crippen LogP contribution is 2.12. The third kappa shape index (κ3) is 10.3. The van der Waals surface area contributed by atoms with E-state index < -0.39 is 11.9 Å². The third-order valence-electron chi connectivity index (χ3n) is 3.54. The Kier molecular flexibility index (Phi) is 8.70. The maximum atomic E-state index is 11.5. The first-order valence-electron chi connectivity index (χ1n) is 8.64. The number of carbonyl (C=O) groups is 2. The van der Waals surface area contributed by atoms with Crippen LogP contribution in [0.4, 0.5) is 0 Å². The minimum absolute atomic E-state index is 0.167. The van der Waals surface area contributed by atoms with E-state index in [-0.39, 0.29) is 18.6 Å². The Bertz CT molecular complexity index is 634. The molecular formula is C20H24O7. The summed E-state index contributed by atoms with van der Waals surface area (Å²) in [6.07, 6.45) is 3.27. The highest BCUT2D eigenvalue weighted by molar-refractivity contribution is 5.88. The standard InChI is InChI=1S/C14H14O4.C6H10O3/c1-11(6-5-9-13(15)16)14(17)18-10-12-7-3-2-4-8-12;1(5-3-8-5)7-2-6-4-9-6/h2-5,7-9H,1,6,10H2,(H,15,16);5-6H,1-4H2. The third-order valence-corrected chi connectivity index (χ3v) is 3.54. The first-order valence-corrected chi connectivity index (χ1v) is 8.64. The zero-order chi connectivity index (χ0) is 19.5. The molecule has 7 heteroatoms. The van der Waals surface area contributed by atoms with Crippen molar-refractivity contribution in [2.75, 3.05) is 26.4 Å². The van der Waals surface area contributed by atoms with E-state index >= 15 is 0 Å². The van der Waals surface area contributed by atoms with E-state index in [2.05, 4.69) is 6.58 Å². The quantitative estimate of drug-likeness (QED) is 0.379. The number of ether oxygens (including phenoxy) is 4. The molecule has 7 nitrogen and oxygen atoms in total. The summed E-state index contributed by atoms with van der Waals surface area (Å²) in [5, 5.41) is 8.38. The van der Waals surface area contributed by atoms with Gasteiger partial charge in [-0.3, -0.25) is 0 Å². The van der Waals surface area contributed by atoms with Gasteiger partial charge in [-0.15, -0.1) is 0 Å². The van der Waals surface area contributed by atoms with Crippen LogP contribution >= 0.6 is 0 Å². The smallest absolute Gasteiger partial charge is 0.334 e. The first kappa shape index (κ1) is 20.8. The summed E-state index contributed by atoms with van der Waals surface area (Å²) in [5.74, 6) is -1.57. The fourth-order valence-corrected chi connectivity index (χ4v) is 1.87. The number of allylic oxidation sites excluding steroid dienone is 1. The van der Waals surface area contributed by atoms with Crippen molar-refractivity contribution in [1.29, 1.82) is 0 Å². The van der Waals surface area contributed by atoms with E-state index in [4.69, 9.17) is 24.1 Å². The maximum Gasteiger partial charge on any atom is 0.334 e. The Labute approximate surface area is 158 Å². The molecule has 2 unspecified atom stereocenters. The van der Waals surface area contributed by atoms with Gasteiger partial charge in [0.05, 0.1) is 26.4 Å². The lowest BCUT2D eigenvalue weighted by atomic mass is 10.2. The summed E-state index contributed by atoms with van der Waals surface area (Å²) in [6.45, 7) is 6.99. The van der Waals surface area contributed by atoms with Gasteiger partial charge in [0, 0.05) is 11.6 Å². The molecule has 3 rings (SSSR count). The highest BCUT2D eigenvalue weighted by Gasteiger charge is 2.26. The normalized spacial score (nSPS) is 19.7. The van der Waals surface area contributed by atoms with Gasteiger partial charge < -0.3 is 24.1 Å². The van der Waals surface area contributed by atoms with Crippen LogP contribution in [0.2, 0.25) is 0 Å². The van der Waals surface area contributed by atoms with Gasteiger partial charge in [0.25, 0.3) is 0 Å². The Morgan fingerprint density at radius 2 is 1.74 bits per heavy atom. The number of carbonyl (C=O) groups excluding carboxylic acids is 1. The van der Waals surface area contributed by atoms with Crippen molar-refractivity contribution in [1.82, 2.24) is 0 Å². The molecule has 0 spiro atoms. The number of benzene rings is 1. The molecule has 2 heterocycles. The van der Waals surface area contributed by atoms with E-state index in [0.29, 0.717) is 12.2 Å². The maximum absolute atomic E-state index is 11.5. The molecule has 1 N–H and O–H groups in total. The van der Waals surface area contributed by atoms with Crippen LogP contribution < -0.4 is 0 Å². The molecule has 1 aromatic carbocycles. The molecule has 1 aromatic rings. The zero-order valence-corrected chi connectivity index (χ0v) is 15.0. The van der Waals surface area contributed by atoms with Crippen LogP contribution in [0, 0.1) is 0 Å². The van der Waals surface area contributed by atoms with Gasteiger partial charge in [-0.25, -0.2) is 9.59 Å². The highest BCUT2D eigenvalue weighted by atomic mass is 16.6. The van der Waals surface area contributed by atoms with Gasteiger partial charge in [0.1, 0.15) is 18.8 Å². The molecule has 2 fully saturated rings. The van der Waals surface area contributed by atoms with E-state index in [9.17, 15) is 9.59 Å². The van der Waals surface area contributed by atoms with Crippen molar-refractivity contribution in [2.24, 2.45) is 0 Å². The number of carboxylic acid groups (broad SMARTS) is 1. The topological polar surface area (TPSA) is 97.9 Å². The summed E-state index contributed by atoms with van der Waals surface area (Å²) >= 11 is 0. The number of epoxide rings is 2. The summed E-state index contributed by atoms with van der Waals surface area (Å²) in [7, 11) is 0. The molecule has 2 aliphatic rings. The molecule has 27 heavy (non-hydrogen) atoms. The molecule has 2 aliphatic heterocycles. The summed E-state index contributed by atoms with van der Waals surface area (Å²) in [4.78, 5) is 21.7. The SMILES string of the molecule is C(OCC1CO1)C1CO1.C=C(CC=CC(=O)O)C(=O)OCc1ccccc1. The molecule has 0 radical (unpaired) electrons. The van der Waals surface area contributed by atoms with Crippen molar-refractivity contribution < 1.29 is 33.6 Å². The molecule has 0 aliphatic carbocycles. The Hall–Kier alpha value is -2.48. The van der Waals surface area contributed by atoms with Crippen LogP contribution in [0.1, 0.15) is 12.0 Å².